The van der Waals surface area contributed by atoms with E-state index in [1.54, 1.807) is 31.3 Å². The summed E-state index contributed by atoms with van der Waals surface area (Å²) in [5.41, 5.74) is 1.59. The zero-order chi connectivity index (χ0) is 20.0. The highest BCUT2D eigenvalue weighted by Crippen LogP contribution is 2.47. The van der Waals surface area contributed by atoms with Gasteiger partial charge in [0.05, 0.1) is 11.4 Å². The number of nitrogens with zero attached hydrogens (tertiary/aromatic N) is 1. The molecule has 0 atom stereocenters. The summed E-state index contributed by atoms with van der Waals surface area (Å²) in [4.78, 5) is 4.55. The van der Waals surface area contributed by atoms with E-state index in [1.165, 1.54) is 24.7 Å². The number of halogens is 1. The van der Waals surface area contributed by atoms with Crippen molar-refractivity contribution in [2.24, 2.45) is 4.99 Å². The van der Waals surface area contributed by atoms with Gasteiger partial charge in [0.2, 0.25) is 0 Å². The van der Waals surface area contributed by atoms with Gasteiger partial charge >= 0.3 is 0 Å². The zero-order valence-corrected chi connectivity index (χ0v) is 19.9. The Morgan fingerprint density at radius 3 is 2.28 bits per heavy atom. The van der Waals surface area contributed by atoms with Crippen molar-refractivity contribution in [2.45, 2.75) is 23.2 Å². The predicted molar refractivity (Wildman–Crippen MR) is 127 cm³/mol. The van der Waals surface area contributed by atoms with Crippen LogP contribution >= 0.6 is 24.0 Å². The molecule has 2 aromatic carbocycles. The van der Waals surface area contributed by atoms with Crippen LogP contribution in [0.4, 0.5) is 0 Å². The van der Waals surface area contributed by atoms with Crippen LogP contribution in [0.1, 0.15) is 18.4 Å². The van der Waals surface area contributed by atoms with E-state index in [1.807, 2.05) is 6.07 Å². The highest BCUT2D eigenvalue weighted by Gasteiger charge is 2.43. The molecule has 0 spiro atoms. The standard InChI is InChI=1S/C21H27N3O3S.HI/c1-22-20(24-16-21(12-13-21)17-6-4-3-5-7-17)23-14-15-27-18-8-10-19(11-9-18)28(2,25)26;/h3-11H,12-16H2,1-2H3,(H2,22,23,24);1H. The van der Waals surface area contributed by atoms with Gasteiger partial charge in [0.1, 0.15) is 12.4 Å². The van der Waals surface area contributed by atoms with Gasteiger partial charge in [-0.15, -0.1) is 24.0 Å². The van der Waals surface area contributed by atoms with Crippen LogP contribution in [-0.4, -0.2) is 47.4 Å². The smallest absolute Gasteiger partial charge is 0.191 e. The molecular formula is C21H28IN3O3S. The molecule has 0 amide bonds. The van der Waals surface area contributed by atoms with Crippen molar-refractivity contribution in [1.82, 2.24) is 10.6 Å². The van der Waals surface area contributed by atoms with Crippen molar-refractivity contribution in [3.8, 4) is 5.75 Å². The molecule has 1 fully saturated rings. The minimum Gasteiger partial charge on any atom is -0.492 e. The Morgan fingerprint density at radius 1 is 1.07 bits per heavy atom. The first kappa shape index (κ1) is 23.5. The van der Waals surface area contributed by atoms with E-state index in [0.29, 0.717) is 18.9 Å². The monoisotopic (exact) mass is 529 g/mol. The molecule has 0 radical (unpaired) electrons. The SMILES string of the molecule is CN=C(NCCOc1ccc(S(C)(=O)=O)cc1)NCC1(c2ccccc2)CC1.I. The molecule has 1 aliphatic carbocycles. The number of hydrogen-bond acceptors (Lipinski definition) is 4. The molecule has 1 aliphatic rings. The lowest BCUT2D eigenvalue weighted by atomic mass is 9.96. The number of hydrogen-bond donors (Lipinski definition) is 2. The van der Waals surface area contributed by atoms with Crippen LogP contribution in [-0.2, 0) is 15.3 Å². The van der Waals surface area contributed by atoms with Crippen LogP contribution in [0.2, 0.25) is 0 Å². The van der Waals surface area contributed by atoms with Crippen molar-refractivity contribution in [2.75, 3.05) is 33.0 Å². The minimum absolute atomic E-state index is 0. The molecular weight excluding hydrogens is 501 g/mol. The van der Waals surface area contributed by atoms with Gasteiger partial charge in [-0.1, -0.05) is 30.3 Å². The summed E-state index contributed by atoms with van der Waals surface area (Å²) in [5, 5.41) is 6.66. The molecule has 2 aromatic rings. The molecule has 0 aliphatic heterocycles. The summed E-state index contributed by atoms with van der Waals surface area (Å²) >= 11 is 0. The van der Waals surface area contributed by atoms with Crippen molar-refractivity contribution >= 4 is 39.8 Å². The zero-order valence-electron chi connectivity index (χ0n) is 16.7. The van der Waals surface area contributed by atoms with Crippen LogP contribution in [0, 0.1) is 0 Å². The van der Waals surface area contributed by atoms with Gasteiger partial charge in [-0.25, -0.2) is 8.42 Å². The largest absolute Gasteiger partial charge is 0.492 e. The molecule has 0 unspecified atom stereocenters. The summed E-state index contributed by atoms with van der Waals surface area (Å²) in [7, 11) is -1.43. The number of guanidine groups is 1. The predicted octanol–water partition coefficient (Wildman–Crippen LogP) is 2.98. The fraction of sp³-hybridized carbons (Fsp3) is 0.381. The van der Waals surface area contributed by atoms with E-state index in [2.05, 4.69) is 39.9 Å². The van der Waals surface area contributed by atoms with Crippen LogP contribution in [0.25, 0.3) is 0 Å². The minimum atomic E-state index is -3.18. The number of sulfone groups is 1. The van der Waals surface area contributed by atoms with Gasteiger partial charge < -0.3 is 15.4 Å². The van der Waals surface area contributed by atoms with Crippen LogP contribution in [0.3, 0.4) is 0 Å². The third-order valence-corrected chi connectivity index (χ3v) is 6.10. The molecule has 2 N–H and O–H groups in total. The normalized spacial score (nSPS) is 15.2. The molecule has 1 saturated carbocycles. The van der Waals surface area contributed by atoms with Crippen LogP contribution in [0.5, 0.6) is 5.75 Å². The van der Waals surface area contributed by atoms with Gasteiger partial charge in [-0.05, 0) is 42.7 Å². The highest BCUT2D eigenvalue weighted by atomic mass is 127. The van der Waals surface area contributed by atoms with E-state index in [0.717, 1.165) is 12.5 Å². The van der Waals surface area contributed by atoms with E-state index in [-0.39, 0.29) is 34.3 Å². The quantitative estimate of drug-likeness (QED) is 0.238. The average Bonchev–Trinajstić information content (AvgIpc) is 3.49. The maximum absolute atomic E-state index is 11.5. The third-order valence-electron chi connectivity index (χ3n) is 4.97. The summed E-state index contributed by atoms with van der Waals surface area (Å²) < 4.78 is 28.6. The summed E-state index contributed by atoms with van der Waals surface area (Å²) in [6.45, 7) is 1.89. The van der Waals surface area contributed by atoms with E-state index < -0.39 is 9.84 Å². The number of rotatable bonds is 8. The Balaban J connectivity index is 0.00000300. The molecule has 158 valence electrons. The molecule has 0 heterocycles. The third kappa shape index (κ3) is 6.60. The van der Waals surface area contributed by atoms with E-state index in [4.69, 9.17) is 4.74 Å². The average molecular weight is 529 g/mol. The molecule has 8 heteroatoms. The fourth-order valence-electron chi connectivity index (χ4n) is 3.11. The first-order valence-corrected chi connectivity index (χ1v) is 11.3. The van der Waals surface area contributed by atoms with Crippen molar-refractivity contribution in [3.63, 3.8) is 0 Å². The molecule has 6 nitrogen and oxygen atoms in total. The van der Waals surface area contributed by atoms with Gasteiger partial charge in [-0.2, -0.15) is 0 Å². The van der Waals surface area contributed by atoms with Crippen molar-refractivity contribution < 1.29 is 13.2 Å². The summed E-state index contributed by atoms with van der Waals surface area (Å²) in [6.07, 6.45) is 3.57. The second kappa shape index (κ2) is 10.3. The second-order valence-electron chi connectivity index (χ2n) is 7.09. The maximum atomic E-state index is 11.5. The van der Waals surface area contributed by atoms with E-state index >= 15 is 0 Å². The number of benzene rings is 2. The topological polar surface area (TPSA) is 79.8 Å². The van der Waals surface area contributed by atoms with E-state index in [9.17, 15) is 8.42 Å². The van der Waals surface area contributed by atoms with Gasteiger partial charge in [0.25, 0.3) is 0 Å². The Hall–Kier alpha value is -1.81. The maximum Gasteiger partial charge on any atom is 0.191 e. The second-order valence-corrected chi connectivity index (χ2v) is 9.11. The highest BCUT2D eigenvalue weighted by molar-refractivity contribution is 14.0. The summed E-state index contributed by atoms with van der Waals surface area (Å²) in [6, 6.07) is 17.0. The lowest BCUT2D eigenvalue weighted by Gasteiger charge is -2.19. The number of nitrogens with one attached hydrogen (secondary N) is 2. The first-order valence-electron chi connectivity index (χ1n) is 9.36. The molecule has 0 bridgehead atoms. The van der Waals surface area contributed by atoms with Crippen molar-refractivity contribution in [3.05, 3.63) is 60.2 Å². The number of ether oxygens (including phenoxy) is 1. The Labute approximate surface area is 190 Å². The number of aliphatic imine (C=N–C) groups is 1. The van der Waals surface area contributed by atoms with Crippen LogP contribution in [0.15, 0.2) is 64.5 Å². The summed E-state index contributed by atoms with van der Waals surface area (Å²) in [5.74, 6) is 1.39. The van der Waals surface area contributed by atoms with Gasteiger partial charge in [0.15, 0.2) is 15.8 Å². The molecule has 3 rings (SSSR count). The first-order chi connectivity index (χ1) is 13.4. The van der Waals surface area contributed by atoms with Gasteiger partial charge in [-0.3, -0.25) is 4.99 Å². The molecule has 0 aromatic heterocycles. The van der Waals surface area contributed by atoms with Crippen molar-refractivity contribution in [1.29, 1.82) is 0 Å². The lowest BCUT2D eigenvalue weighted by Crippen LogP contribution is -2.42. The molecule has 29 heavy (non-hydrogen) atoms. The van der Waals surface area contributed by atoms with Gasteiger partial charge in [0, 0.05) is 25.3 Å². The van der Waals surface area contributed by atoms with Crippen LogP contribution < -0.4 is 15.4 Å². The molecule has 0 saturated heterocycles. The Bertz CT molecular complexity index is 912. The Morgan fingerprint density at radius 2 is 1.72 bits per heavy atom. The fourth-order valence-corrected chi connectivity index (χ4v) is 3.74. The lowest BCUT2D eigenvalue weighted by molar-refractivity contribution is 0.321. The Kier molecular flexibility index (Phi) is 8.33.